The Morgan fingerprint density at radius 1 is 1.38 bits per heavy atom. The summed E-state index contributed by atoms with van der Waals surface area (Å²) in [6.45, 7) is 3.25. The number of carbonyl (C=O) groups excluding carboxylic acids is 2. The molecule has 1 aromatic carbocycles. The molecule has 2 bridgehead atoms. The van der Waals surface area contributed by atoms with Gasteiger partial charge in [-0.25, -0.2) is 0 Å². The Labute approximate surface area is 141 Å². The van der Waals surface area contributed by atoms with E-state index >= 15 is 0 Å². The zero-order valence-corrected chi connectivity index (χ0v) is 13.7. The fourth-order valence-electron chi connectivity index (χ4n) is 4.18. The lowest BCUT2D eigenvalue weighted by Crippen LogP contribution is -2.40. The van der Waals surface area contributed by atoms with Crippen LogP contribution in [0.5, 0.6) is 0 Å². The van der Waals surface area contributed by atoms with Gasteiger partial charge in [-0.1, -0.05) is 42.5 Å². The Balaban J connectivity index is 1.51. The molecular formula is C19H21NO4. The van der Waals surface area contributed by atoms with Gasteiger partial charge in [-0.15, -0.1) is 0 Å². The maximum Gasteiger partial charge on any atom is 0.312 e. The second-order valence-corrected chi connectivity index (χ2v) is 6.65. The first-order chi connectivity index (χ1) is 11.6. The number of ether oxygens (including phenoxy) is 2. The summed E-state index contributed by atoms with van der Waals surface area (Å²) in [6.07, 6.45) is 4.35. The van der Waals surface area contributed by atoms with E-state index in [2.05, 4.69) is 12.1 Å². The SMILES string of the molecule is CCOC(=O)[C@H]1[C@H]2C(=O)N(CCc3ccccc3)C[C@]23C=C[C@H]1O3. The first kappa shape index (κ1) is 15.4. The topological polar surface area (TPSA) is 55.8 Å². The average Bonchev–Trinajstić information content (AvgIpc) is 3.22. The van der Waals surface area contributed by atoms with E-state index in [0.29, 0.717) is 19.7 Å². The molecule has 3 heterocycles. The molecule has 5 heteroatoms. The molecule has 0 aliphatic carbocycles. The summed E-state index contributed by atoms with van der Waals surface area (Å²) < 4.78 is 11.2. The maximum absolute atomic E-state index is 12.9. The van der Waals surface area contributed by atoms with Gasteiger partial charge in [0.2, 0.25) is 5.91 Å². The van der Waals surface area contributed by atoms with Crippen molar-refractivity contribution in [2.24, 2.45) is 11.8 Å². The third-order valence-electron chi connectivity index (χ3n) is 5.25. The summed E-state index contributed by atoms with van der Waals surface area (Å²) in [5, 5.41) is 0. The second-order valence-electron chi connectivity index (χ2n) is 6.65. The predicted octanol–water partition coefficient (Wildman–Crippen LogP) is 1.57. The van der Waals surface area contributed by atoms with Crippen LogP contribution in [0.3, 0.4) is 0 Å². The van der Waals surface area contributed by atoms with Crippen LogP contribution in [0.25, 0.3) is 0 Å². The number of hydrogen-bond acceptors (Lipinski definition) is 4. The van der Waals surface area contributed by atoms with Gasteiger partial charge in [0.25, 0.3) is 0 Å². The van der Waals surface area contributed by atoms with Crippen LogP contribution in [0.1, 0.15) is 12.5 Å². The first-order valence-corrected chi connectivity index (χ1v) is 8.51. The lowest BCUT2D eigenvalue weighted by atomic mass is 9.77. The van der Waals surface area contributed by atoms with Crippen LogP contribution in [0, 0.1) is 11.8 Å². The number of esters is 1. The number of nitrogens with zero attached hydrogens (tertiary/aromatic N) is 1. The number of amides is 1. The van der Waals surface area contributed by atoms with Gasteiger partial charge < -0.3 is 14.4 Å². The van der Waals surface area contributed by atoms with E-state index in [1.165, 1.54) is 5.56 Å². The summed E-state index contributed by atoms with van der Waals surface area (Å²) in [5.41, 5.74) is 0.554. The Kier molecular flexibility index (Phi) is 3.68. The minimum atomic E-state index is -0.643. The minimum Gasteiger partial charge on any atom is -0.466 e. The highest BCUT2D eigenvalue weighted by Crippen LogP contribution is 2.52. The molecule has 126 valence electrons. The largest absolute Gasteiger partial charge is 0.466 e. The first-order valence-electron chi connectivity index (χ1n) is 8.51. The van der Waals surface area contributed by atoms with Crippen LogP contribution in [0.15, 0.2) is 42.5 Å². The van der Waals surface area contributed by atoms with Crippen LogP contribution in [0.4, 0.5) is 0 Å². The number of rotatable bonds is 5. The number of carbonyl (C=O) groups is 2. The Bertz CT molecular complexity index is 686. The molecule has 3 aliphatic heterocycles. The van der Waals surface area contributed by atoms with E-state index in [-0.39, 0.29) is 18.0 Å². The van der Waals surface area contributed by atoms with Crippen molar-refractivity contribution in [2.45, 2.75) is 25.0 Å². The smallest absolute Gasteiger partial charge is 0.312 e. The average molecular weight is 327 g/mol. The molecule has 1 aromatic rings. The van der Waals surface area contributed by atoms with Gasteiger partial charge in [0.05, 0.1) is 25.2 Å². The molecule has 0 radical (unpaired) electrons. The summed E-state index contributed by atoms with van der Waals surface area (Å²) >= 11 is 0. The Morgan fingerprint density at radius 2 is 2.17 bits per heavy atom. The van der Waals surface area contributed by atoms with Gasteiger partial charge in [0.1, 0.15) is 11.5 Å². The monoisotopic (exact) mass is 327 g/mol. The van der Waals surface area contributed by atoms with Gasteiger partial charge in [0.15, 0.2) is 0 Å². The van der Waals surface area contributed by atoms with Gasteiger partial charge in [-0.2, -0.15) is 0 Å². The highest BCUT2D eigenvalue weighted by atomic mass is 16.6. The molecule has 0 saturated carbocycles. The maximum atomic E-state index is 12.9. The summed E-state index contributed by atoms with van der Waals surface area (Å²) in [5.74, 6) is -1.26. The molecule has 2 saturated heterocycles. The summed E-state index contributed by atoms with van der Waals surface area (Å²) in [6, 6.07) is 10.1. The van der Waals surface area contributed by atoms with Gasteiger partial charge in [-0.3, -0.25) is 9.59 Å². The van der Waals surface area contributed by atoms with Crippen molar-refractivity contribution in [3.63, 3.8) is 0 Å². The molecule has 4 rings (SSSR count). The van der Waals surface area contributed by atoms with Crippen LogP contribution in [0.2, 0.25) is 0 Å². The van der Waals surface area contributed by atoms with Crippen LogP contribution in [-0.2, 0) is 25.5 Å². The van der Waals surface area contributed by atoms with Gasteiger partial charge >= 0.3 is 5.97 Å². The third-order valence-corrected chi connectivity index (χ3v) is 5.25. The number of fused-ring (bicyclic) bond motifs is 1. The molecule has 0 N–H and O–H groups in total. The normalized spacial score (nSPS) is 33.1. The van der Waals surface area contributed by atoms with Crippen molar-refractivity contribution in [1.29, 1.82) is 0 Å². The molecule has 24 heavy (non-hydrogen) atoms. The van der Waals surface area contributed by atoms with Crippen LogP contribution >= 0.6 is 0 Å². The van der Waals surface area contributed by atoms with Crippen molar-refractivity contribution in [1.82, 2.24) is 4.90 Å². The molecular weight excluding hydrogens is 306 g/mol. The fraction of sp³-hybridized carbons (Fsp3) is 0.474. The van der Waals surface area contributed by atoms with E-state index in [4.69, 9.17) is 9.47 Å². The van der Waals surface area contributed by atoms with E-state index < -0.39 is 17.4 Å². The third kappa shape index (κ3) is 2.26. The molecule has 0 aromatic heterocycles. The minimum absolute atomic E-state index is 0.0100. The van der Waals surface area contributed by atoms with Crippen molar-refractivity contribution < 1.29 is 19.1 Å². The van der Waals surface area contributed by atoms with E-state index in [9.17, 15) is 9.59 Å². The van der Waals surface area contributed by atoms with Crippen molar-refractivity contribution in [2.75, 3.05) is 19.7 Å². The molecule has 2 fully saturated rings. The Morgan fingerprint density at radius 3 is 2.92 bits per heavy atom. The molecule has 0 unspecified atom stereocenters. The van der Waals surface area contributed by atoms with Crippen molar-refractivity contribution >= 4 is 11.9 Å². The zero-order valence-electron chi connectivity index (χ0n) is 13.7. The number of hydrogen-bond donors (Lipinski definition) is 0. The second kappa shape index (κ2) is 5.74. The fourth-order valence-corrected chi connectivity index (χ4v) is 4.18. The molecule has 1 amide bonds. The Hall–Kier alpha value is -2.14. The summed E-state index contributed by atoms with van der Waals surface area (Å²) in [4.78, 5) is 27.0. The lowest BCUT2D eigenvalue weighted by molar-refractivity contribution is -0.153. The predicted molar refractivity (Wildman–Crippen MR) is 87.1 cm³/mol. The van der Waals surface area contributed by atoms with E-state index in [1.807, 2.05) is 35.3 Å². The van der Waals surface area contributed by atoms with E-state index in [0.717, 1.165) is 6.42 Å². The van der Waals surface area contributed by atoms with Crippen LogP contribution in [-0.4, -0.2) is 48.2 Å². The quantitative estimate of drug-likeness (QED) is 0.608. The van der Waals surface area contributed by atoms with Crippen LogP contribution < -0.4 is 0 Å². The molecule has 4 atom stereocenters. The summed E-state index contributed by atoms with van der Waals surface area (Å²) in [7, 11) is 0. The zero-order chi connectivity index (χ0) is 16.7. The highest BCUT2D eigenvalue weighted by molar-refractivity contribution is 5.91. The number of likely N-dealkylation sites (tertiary alicyclic amines) is 1. The van der Waals surface area contributed by atoms with Crippen molar-refractivity contribution in [3.8, 4) is 0 Å². The molecule has 3 aliphatic rings. The van der Waals surface area contributed by atoms with Gasteiger partial charge in [0, 0.05) is 6.54 Å². The highest BCUT2D eigenvalue weighted by Gasteiger charge is 2.67. The standard InChI is InChI=1S/C19H21NO4/c1-2-23-18(22)15-14-8-10-19(24-14)12-20(17(21)16(15)19)11-9-13-6-4-3-5-7-13/h3-8,10,14-16H,2,9,11-12H2,1H3/t14-,15-,16+,19-/m1/s1. The lowest BCUT2D eigenvalue weighted by Gasteiger charge is -2.22. The van der Waals surface area contributed by atoms with Gasteiger partial charge in [-0.05, 0) is 18.9 Å². The van der Waals surface area contributed by atoms with E-state index in [1.54, 1.807) is 6.92 Å². The number of benzene rings is 1. The molecule has 5 nitrogen and oxygen atoms in total. The molecule has 1 spiro atoms. The van der Waals surface area contributed by atoms with Crippen molar-refractivity contribution in [3.05, 3.63) is 48.0 Å².